The fraction of sp³-hybridized carbons (Fsp3) is 0.310. The van der Waals surface area contributed by atoms with Crippen molar-refractivity contribution in [2.24, 2.45) is 0 Å². The van der Waals surface area contributed by atoms with Crippen molar-refractivity contribution in [2.75, 3.05) is 5.75 Å². The lowest BCUT2D eigenvalue weighted by Gasteiger charge is -2.34. The number of hydrogen-bond donors (Lipinski definition) is 1. The molecule has 1 atom stereocenters. The zero-order valence-electron chi connectivity index (χ0n) is 20.5. The van der Waals surface area contributed by atoms with Crippen LogP contribution in [0.2, 0.25) is 5.02 Å². The highest BCUT2D eigenvalue weighted by molar-refractivity contribution is 7.99. The van der Waals surface area contributed by atoms with Gasteiger partial charge in [-0.25, -0.2) is 0 Å². The van der Waals surface area contributed by atoms with Crippen LogP contribution in [0.5, 0.6) is 0 Å². The van der Waals surface area contributed by atoms with Gasteiger partial charge in [0.15, 0.2) is 0 Å². The Kier molecular flexibility index (Phi) is 9.82. The molecule has 0 aliphatic rings. The quantitative estimate of drug-likeness (QED) is 0.358. The molecular weight excluding hydrogens is 476 g/mol. The van der Waals surface area contributed by atoms with E-state index in [0.717, 1.165) is 22.4 Å². The van der Waals surface area contributed by atoms with E-state index in [0.29, 0.717) is 11.4 Å². The minimum absolute atomic E-state index is 0.0872. The molecule has 3 aromatic carbocycles. The predicted octanol–water partition coefficient (Wildman–Crippen LogP) is 6.13. The van der Waals surface area contributed by atoms with Crippen LogP contribution in [0.1, 0.15) is 37.5 Å². The van der Waals surface area contributed by atoms with Crippen LogP contribution in [0.15, 0.2) is 84.9 Å². The van der Waals surface area contributed by atoms with E-state index in [1.54, 1.807) is 16.7 Å². The standard InChI is InChI=1S/C29H33ClN2O2S/c1-29(2,3)31-28(34)26(18-22-12-6-4-7-13-22)32(19-24-16-10-11-17-25(24)30)27(33)21-35-20-23-14-8-5-9-15-23/h4-17,26H,18-21H2,1-3H3,(H,31,34)/t26-/m0/s1. The molecule has 0 fully saturated rings. The number of nitrogens with zero attached hydrogens (tertiary/aromatic N) is 1. The number of amides is 2. The van der Waals surface area contributed by atoms with Gasteiger partial charge in [0, 0.05) is 29.3 Å². The molecule has 0 unspecified atom stereocenters. The summed E-state index contributed by atoms with van der Waals surface area (Å²) in [5.74, 6) is 0.739. The molecule has 4 nitrogen and oxygen atoms in total. The first-order valence-electron chi connectivity index (χ1n) is 11.7. The van der Waals surface area contributed by atoms with Gasteiger partial charge < -0.3 is 10.2 Å². The van der Waals surface area contributed by atoms with E-state index in [1.165, 1.54) is 0 Å². The Morgan fingerprint density at radius 1 is 0.886 bits per heavy atom. The second kappa shape index (κ2) is 12.8. The van der Waals surface area contributed by atoms with Crippen molar-refractivity contribution in [3.05, 3.63) is 107 Å². The maximum Gasteiger partial charge on any atom is 0.243 e. The molecule has 0 aliphatic heterocycles. The average molecular weight is 509 g/mol. The Morgan fingerprint density at radius 3 is 2.06 bits per heavy atom. The van der Waals surface area contributed by atoms with Gasteiger partial charge in [0.1, 0.15) is 6.04 Å². The normalized spacial score (nSPS) is 12.1. The fourth-order valence-electron chi connectivity index (χ4n) is 3.73. The van der Waals surface area contributed by atoms with Crippen molar-refractivity contribution in [3.63, 3.8) is 0 Å². The molecule has 0 saturated heterocycles. The molecule has 0 radical (unpaired) electrons. The number of nitrogens with one attached hydrogen (secondary N) is 1. The molecule has 184 valence electrons. The van der Waals surface area contributed by atoms with E-state index in [4.69, 9.17) is 11.6 Å². The van der Waals surface area contributed by atoms with E-state index in [1.807, 2.05) is 106 Å². The van der Waals surface area contributed by atoms with Gasteiger partial charge in [-0.3, -0.25) is 9.59 Å². The monoisotopic (exact) mass is 508 g/mol. The Balaban J connectivity index is 1.88. The molecule has 3 rings (SSSR count). The summed E-state index contributed by atoms with van der Waals surface area (Å²) < 4.78 is 0. The topological polar surface area (TPSA) is 49.4 Å². The van der Waals surface area contributed by atoms with Crippen LogP contribution in [0.3, 0.4) is 0 Å². The first-order valence-corrected chi connectivity index (χ1v) is 13.3. The Morgan fingerprint density at radius 2 is 1.46 bits per heavy atom. The number of carbonyl (C=O) groups is 2. The Labute approximate surface area is 218 Å². The van der Waals surface area contributed by atoms with Crippen LogP contribution in [-0.2, 0) is 28.3 Å². The molecule has 6 heteroatoms. The highest BCUT2D eigenvalue weighted by Crippen LogP contribution is 2.22. The zero-order chi connectivity index (χ0) is 25.3. The molecule has 0 heterocycles. The summed E-state index contributed by atoms with van der Waals surface area (Å²) in [4.78, 5) is 28.9. The van der Waals surface area contributed by atoms with Crippen molar-refractivity contribution in [2.45, 2.75) is 51.1 Å². The summed E-state index contributed by atoms with van der Waals surface area (Å²) in [6, 6.07) is 26.7. The van der Waals surface area contributed by atoms with Gasteiger partial charge in [0.2, 0.25) is 11.8 Å². The molecule has 2 amide bonds. The van der Waals surface area contributed by atoms with Gasteiger partial charge in [-0.1, -0.05) is 90.5 Å². The lowest BCUT2D eigenvalue weighted by Crippen LogP contribution is -2.54. The van der Waals surface area contributed by atoms with Crippen LogP contribution in [-0.4, -0.2) is 34.0 Å². The van der Waals surface area contributed by atoms with Crippen LogP contribution < -0.4 is 5.32 Å². The van der Waals surface area contributed by atoms with Gasteiger partial charge >= 0.3 is 0 Å². The highest BCUT2D eigenvalue weighted by Gasteiger charge is 2.32. The number of carbonyl (C=O) groups excluding carboxylic acids is 2. The highest BCUT2D eigenvalue weighted by atomic mass is 35.5. The molecule has 0 aliphatic carbocycles. The first-order chi connectivity index (χ1) is 16.7. The van der Waals surface area contributed by atoms with Crippen molar-refractivity contribution < 1.29 is 9.59 Å². The van der Waals surface area contributed by atoms with E-state index in [2.05, 4.69) is 5.32 Å². The maximum absolute atomic E-state index is 13.6. The van der Waals surface area contributed by atoms with E-state index in [-0.39, 0.29) is 24.1 Å². The van der Waals surface area contributed by atoms with Crippen LogP contribution in [0, 0.1) is 0 Å². The summed E-state index contributed by atoms with van der Waals surface area (Å²) in [5.41, 5.74) is 2.55. The minimum atomic E-state index is -0.669. The Hall–Kier alpha value is -2.76. The summed E-state index contributed by atoms with van der Waals surface area (Å²) in [6.07, 6.45) is 0.419. The first kappa shape index (κ1) is 26.8. The largest absolute Gasteiger partial charge is 0.350 e. The van der Waals surface area contributed by atoms with Gasteiger partial charge in [0.05, 0.1) is 5.75 Å². The average Bonchev–Trinajstić information content (AvgIpc) is 2.82. The second-order valence-corrected chi connectivity index (χ2v) is 10.9. The number of rotatable bonds is 10. The molecule has 0 saturated carbocycles. The molecule has 0 spiro atoms. The number of halogens is 1. The Bertz CT molecular complexity index is 1100. The zero-order valence-corrected chi connectivity index (χ0v) is 22.1. The molecular formula is C29H33ClN2O2S. The van der Waals surface area contributed by atoms with Crippen molar-refractivity contribution in [3.8, 4) is 0 Å². The maximum atomic E-state index is 13.6. The lowest BCUT2D eigenvalue weighted by atomic mass is 10.0. The van der Waals surface area contributed by atoms with Gasteiger partial charge in [-0.15, -0.1) is 11.8 Å². The van der Waals surface area contributed by atoms with E-state index in [9.17, 15) is 9.59 Å². The number of hydrogen-bond acceptors (Lipinski definition) is 3. The van der Waals surface area contributed by atoms with E-state index < -0.39 is 11.6 Å². The smallest absolute Gasteiger partial charge is 0.243 e. The minimum Gasteiger partial charge on any atom is -0.350 e. The number of benzene rings is 3. The second-order valence-electron chi connectivity index (χ2n) is 9.54. The van der Waals surface area contributed by atoms with Crippen molar-refractivity contribution in [1.29, 1.82) is 0 Å². The third-order valence-corrected chi connectivity index (χ3v) is 6.76. The summed E-state index contributed by atoms with van der Waals surface area (Å²) in [7, 11) is 0. The molecule has 3 aromatic rings. The number of thioether (sulfide) groups is 1. The summed E-state index contributed by atoms with van der Waals surface area (Å²) >= 11 is 8.01. The van der Waals surface area contributed by atoms with E-state index >= 15 is 0 Å². The van der Waals surface area contributed by atoms with Crippen LogP contribution in [0.4, 0.5) is 0 Å². The summed E-state index contributed by atoms with van der Waals surface area (Å²) in [6.45, 7) is 6.10. The van der Waals surface area contributed by atoms with Crippen LogP contribution >= 0.6 is 23.4 Å². The third-order valence-electron chi connectivity index (χ3n) is 5.40. The van der Waals surface area contributed by atoms with Gasteiger partial charge in [0.25, 0.3) is 0 Å². The summed E-state index contributed by atoms with van der Waals surface area (Å²) in [5, 5.41) is 3.67. The molecule has 1 N–H and O–H groups in total. The predicted molar refractivity (Wildman–Crippen MR) is 146 cm³/mol. The lowest BCUT2D eigenvalue weighted by molar-refractivity contribution is -0.140. The third kappa shape index (κ3) is 8.75. The molecule has 35 heavy (non-hydrogen) atoms. The van der Waals surface area contributed by atoms with Crippen LogP contribution in [0.25, 0.3) is 0 Å². The molecule has 0 aromatic heterocycles. The SMILES string of the molecule is CC(C)(C)NC(=O)[C@H](Cc1ccccc1)N(Cc1ccccc1Cl)C(=O)CSCc1ccccc1. The fourth-order valence-corrected chi connectivity index (χ4v) is 4.80. The van der Waals surface area contributed by atoms with Crippen molar-refractivity contribution >= 4 is 35.2 Å². The molecule has 0 bridgehead atoms. The van der Waals surface area contributed by atoms with Gasteiger partial charge in [-0.2, -0.15) is 0 Å². The van der Waals surface area contributed by atoms with Gasteiger partial charge in [-0.05, 0) is 43.5 Å². The van der Waals surface area contributed by atoms with Crippen molar-refractivity contribution in [1.82, 2.24) is 10.2 Å².